The van der Waals surface area contributed by atoms with Gasteiger partial charge in [0.05, 0.1) is 12.5 Å². The monoisotopic (exact) mass is 261 g/mol. The van der Waals surface area contributed by atoms with Crippen molar-refractivity contribution >= 4 is 5.91 Å². The van der Waals surface area contributed by atoms with Crippen LogP contribution in [0.15, 0.2) is 30.3 Å². The summed E-state index contributed by atoms with van der Waals surface area (Å²) in [5.74, 6) is 0.594. The van der Waals surface area contributed by atoms with Gasteiger partial charge in [-0.1, -0.05) is 37.3 Å². The molecular weight excluding hydrogens is 238 g/mol. The number of carbonyl (C=O) groups excluding carboxylic acids is 1. The maximum atomic E-state index is 11.7. The van der Waals surface area contributed by atoms with Gasteiger partial charge in [-0.3, -0.25) is 4.79 Å². The van der Waals surface area contributed by atoms with Gasteiger partial charge in [0.15, 0.2) is 0 Å². The van der Waals surface area contributed by atoms with Gasteiger partial charge in [-0.2, -0.15) is 0 Å². The number of nitrogens with one attached hydrogen (secondary N) is 1. The van der Waals surface area contributed by atoms with Crippen molar-refractivity contribution < 1.29 is 9.53 Å². The van der Waals surface area contributed by atoms with E-state index in [1.807, 2.05) is 6.07 Å². The molecule has 1 heterocycles. The summed E-state index contributed by atoms with van der Waals surface area (Å²) in [4.78, 5) is 11.7. The lowest BCUT2D eigenvalue weighted by Gasteiger charge is -2.13. The minimum Gasteiger partial charge on any atom is -0.378 e. The first-order valence-electron chi connectivity index (χ1n) is 7.19. The molecule has 3 heteroatoms. The molecule has 1 saturated heterocycles. The lowest BCUT2D eigenvalue weighted by atomic mass is 9.98. The lowest BCUT2D eigenvalue weighted by molar-refractivity contribution is -0.123. The van der Waals surface area contributed by atoms with Crippen molar-refractivity contribution in [2.75, 3.05) is 13.2 Å². The molecule has 1 aliphatic rings. The van der Waals surface area contributed by atoms with Gasteiger partial charge in [0, 0.05) is 13.2 Å². The first kappa shape index (κ1) is 14.1. The first-order chi connectivity index (χ1) is 9.25. The molecule has 19 heavy (non-hydrogen) atoms. The third-order valence-electron chi connectivity index (χ3n) is 3.71. The van der Waals surface area contributed by atoms with Crippen LogP contribution in [0.2, 0.25) is 0 Å². The Balaban J connectivity index is 1.64. The van der Waals surface area contributed by atoms with E-state index >= 15 is 0 Å². The molecule has 1 amide bonds. The van der Waals surface area contributed by atoms with Crippen LogP contribution in [-0.4, -0.2) is 25.2 Å². The van der Waals surface area contributed by atoms with Gasteiger partial charge in [0.2, 0.25) is 5.91 Å². The Morgan fingerprint density at radius 2 is 2.21 bits per heavy atom. The van der Waals surface area contributed by atoms with Gasteiger partial charge < -0.3 is 10.1 Å². The van der Waals surface area contributed by atoms with Crippen LogP contribution >= 0.6 is 0 Å². The molecule has 0 spiro atoms. The zero-order valence-corrected chi connectivity index (χ0v) is 11.6. The third kappa shape index (κ3) is 4.67. The van der Waals surface area contributed by atoms with Crippen LogP contribution in [0, 0.1) is 0 Å². The summed E-state index contributed by atoms with van der Waals surface area (Å²) < 4.78 is 5.46. The van der Waals surface area contributed by atoms with E-state index in [0.29, 0.717) is 12.3 Å². The van der Waals surface area contributed by atoms with E-state index in [1.54, 1.807) is 0 Å². The molecule has 3 nitrogen and oxygen atoms in total. The summed E-state index contributed by atoms with van der Waals surface area (Å²) in [5.41, 5.74) is 1.33. The summed E-state index contributed by atoms with van der Waals surface area (Å²) in [7, 11) is 0. The van der Waals surface area contributed by atoms with Crippen molar-refractivity contribution in [3.63, 3.8) is 0 Å². The highest BCUT2D eigenvalue weighted by Crippen LogP contribution is 2.18. The quantitative estimate of drug-likeness (QED) is 0.855. The van der Waals surface area contributed by atoms with Gasteiger partial charge >= 0.3 is 0 Å². The second-order valence-corrected chi connectivity index (χ2v) is 5.29. The molecule has 2 atom stereocenters. The number of carbonyl (C=O) groups is 1. The maximum absolute atomic E-state index is 11.7. The number of amides is 1. The number of benzene rings is 1. The highest BCUT2D eigenvalue weighted by molar-refractivity contribution is 5.76. The third-order valence-corrected chi connectivity index (χ3v) is 3.71. The fourth-order valence-corrected chi connectivity index (χ4v) is 2.46. The molecule has 1 N–H and O–H groups in total. The van der Waals surface area contributed by atoms with E-state index in [2.05, 4.69) is 36.5 Å². The molecule has 104 valence electrons. The van der Waals surface area contributed by atoms with Crippen LogP contribution in [0.25, 0.3) is 0 Å². The van der Waals surface area contributed by atoms with Crippen LogP contribution in [0.4, 0.5) is 0 Å². The Labute approximate surface area is 115 Å². The summed E-state index contributed by atoms with van der Waals surface area (Å²) in [5, 5.41) is 2.99. The largest absolute Gasteiger partial charge is 0.378 e. The van der Waals surface area contributed by atoms with Crippen LogP contribution in [0.3, 0.4) is 0 Å². The van der Waals surface area contributed by atoms with E-state index < -0.39 is 0 Å². The van der Waals surface area contributed by atoms with E-state index in [9.17, 15) is 4.79 Å². The summed E-state index contributed by atoms with van der Waals surface area (Å²) in [6.07, 6.45) is 3.74. The van der Waals surface area contributed by atoms with E-state index in [4.69, 9.17) is 4.74 Å². The first-order valence-corrected chi connectivity index (χ1v) is 7.19. The number of rotatable bonds is 6. The van der Waals surface area contributed by atoms with Gasteiger partial charge in [-0.25, -0.2) is 0 Å². The second-order valence-electron chi connectivity index (χ2n) is 5.29. The van der Waals surface area contributed by atoms with Crippen molar-refractivity contribution in [3.8, 4) is 0 Å². The zero-order chi connectivity index (χ0) is 13.5. The molecule has 0 bridgehead atoms. The molecule has 0 aromatic heterocycles. The smallest absolute Gasteiger partial charge is 0.222 e. The van der Waals surface area contributed by atoms with Crippen molar-refractivity contribution in [1.82, 2.24) is 5.32 Å². The Hall–Kier alpha value is -1.35. The Bertz CT molecular complexity index is 385. The molecule has 1 aromatic carbocycles. The molecule has 0 radical (unpaired) electrons. The molecule has 1 aromatic rings. The molecular formula is C16H23NO2. The molecule has 1 fully saturated rings. The van der Waals surface area contributed by atoms with Gasteiger partial charge in [0.25, 0.3) is 0 Å². The highest BCUT2D eigenvalue weighted by atomic mass is 16.5. The Morgan fingerprint density at radius 1 is 1.42 bits per heavy atom. The van der Waals surface area contributed by atoms with E-state index in [-0.39, 0.29) is 12.0 Å². The minimum atomic E-state index is 0.118. The molecule has 0 aliphatic carbocycles. The SMILES string of the molecule is C[C@@H](CCNC(=O)C[C@H]1CCCO1)c1ccccc1. The number of hydrogen-bond donors (Lipinski definition) is 1. The van der Waals surface area contributed by atoms with Crippen LogP contribution in [0.1, 0.15) is 44.1 Å². The molecule has 0 unspecified atom stereocenters. The highest BCUT2D eigenvalue weighted by Gasteiger charge is 2.18. The maximum Gasteiger partial charge on any atom is 0.222 e. The summed E-state index contributed by atoms with van der Waals surface area (Å²) in [6, 6.07) is 10.4. The summed E-state index contributed by atoms with van der Waals surface area (Å²) in [6.45, 7) is 3.74. The van der Waals surface area contributed by atoms with Gasteiger partial charge in [-0.15, -0.1) is 0 Å². The van der Waals surface area contributed by atoms with Crippen molar-refractivity contribution in [2.45, 2.75) is 44.6 Å². The predicted molar refractivity (Wildman–Crippen MR) is 76.1 cm³/mol. The zero-order valence-electron chi connectivity index (χ0n) is 11.6. The minimum absolute atomic E-state index is 0.118. The van der Waals surface area contributed by atoms with Crippen LogP contribution in [-0.2, 0) is 9.53 Å². The van der Waals surface area contributed by atoms with Crippen molar-refractivity contribution in [1.29, 1.82) is 0 Å². The average Bonchev–Trinajstić information content (AvgIpc) is 2.92. The second kappa shape index (κ2) is 7.29. The lowest BCUT2D eigenvalue weighted by Crippen LogP contribution is -2.28. The fraction of sp³-hybridized carbons (Fsp3) is 0.562. The predicted octanol–water partition coefficient (Wildman–Crippen LogP) is 2.87. The number of ether oxygens (including phenoxy) is 1. The standard InChI is InChI=1S/C16H23NO2/c1-13(14-6-3-2-4-7-14)9-10-17-16(18)12-15-8-5-11-19-15/h2-4,6-7,13,15H,5,8-12H2,1H3,(H,17,18)/t13-,15+/m0/s1. The van der Waals surface area contributed by atoms with E-state index in [1.165, 1.54) is 5.56 Å². The molecule has 0 saturated carbocycles. The van der Waals surface area contributed by atoms with Crippen molar-refractivity contribution in [2.24, 2.45) is 0 Å². The topological polar surface area (TPSA) is 38.3 Å². The Kier molecular flexibility index (Phi) is 5.40. The van der Waals surface area contributed by atoms with Crippen LogP contribution < -0.4 is 5.32 Å². The van der Waals surface area contributed by atoms with Gasteiger partial charge in [0.1, 0.15) is 0 Å². The van der Waals surface area contributed by atoms with Gasteiger partial charge in [-0.05, 0) is 30.7 Å². The Morgan fingerprint density at radius 3 is 2.89 bits per heavy atom. The van der Waals surface area contributed by atoms with Crippen molar-refractivity contribution in [3.05, 3.63) is 35.9 Å². The summed E-state index contributed by atoms with van der Waals surface area (Å²) >= 11 is 0. The fourth-order valence-electron chi connectivity index (χ4n) is 2.46. The number of hydrogen-bond acceptors (Lipinski definition) is 2. The molecule has 1 aliphatic heterocycles. The average molecular weight is 261 g/mol. The van der Waals surface area contributed by atoms with Crippen LogP contribution in [0.5, 0.6) is 0 Å². The normalized spacial score (nSPS) is 20.2. The molecule has 2 rings (SSSR count). The van der Waals surface area contributed by atoms with E-state index in [0.717, 1.165) is 32.4 Å².